The number of carbonyl (C=O) groups excluding carboxylic acids is 2. The number of ether oxygens (including phenoxy) is 1. The zero-order valence-electron chi connectivity index (χ0n) is 17.8. The van der Waals surface area contributed by atoms with Crippen LogP contribution in [0, 0.1) is 5.82 Å². The zero-order valence-corrected chi connectivity index (χ0v) is 18.6. The summed E-state index contributed by atoms with van der Waals surface area (Å²) in [7, 11) is 0.566. The molecule has 2 aromatic carbocycles. The summed E-state index contributed by atoms with van der Waals surface area (Å²) in [5.41, 5.74) is 0.440. The van der Waals surface area contributed by atoms with Gasteiger partial charge in [-0.2, -0.15) is 0 Å². The number of aliphatic hydroxyl groups is 1. The first-order chi connectivity index (χ1) is 15.1. The number of amides is 1. The maximum atomic E-state index is 13.5. The van der Waals surface area contributed by atoms with Crippen molar-refractivity contribution in [3.05, 3.63) is 71.0 Å². The van der Waals surface area contributed by atoms with Crippen molar-refractivity contribution >= 4 is 27.5 Å². The lowest BCUT2D eigenvalue weighted by atomic mass is 9.95. The highest BCUT2D eigenvalue weighted by atomic mass is 32.2. The highest BCUT2D eigenvalue weighted by molar-refractivity contribution is 7.89. The Hall–Kier alpha value is -3.08. The number of aliphatic hydroxyl groups excluding tert-OH is 1. The number of nitrogens with zero attached hydrogens (tertiary/aromatic N) is 2. The summed E-state index contributed by atoms with van der Waals surface area (Å²) in [6.07, 6.45) is 0. The van der Waals surface area contributed by atoms with Gasteiger partial charge in [-0.25, -0.2) is 17.1 Å². The number of halogens is 1. The van der Waals surface area contributed by atoms with E-state index < -0.39 is 39.3 Å². The summed E-state index contributed by atoms with van der Waals surface area (Å²) in [5, 5.41) is 11.0. The number of likely N-dealkylation sites (tertiary alicyclic amines) is 1. The number of rotatable bonds is 7. The molecule has 0 bridgehead atoms. The van der Waals surface area contributed by atoms with Gasteiger partial charge >= 0.3 is 0 Å². The summed E-state index contributed by atoms with van der Waals surface area (Å²) in [6.45, 7) is 0.238. The van der Waals surface area contributed by atoms with Gasteiger partial charge in [0, 0.05) is 33.3 Å². The quantitative estimate of drug-likeness (QED) is 0.384. The van der Waals surface area contributed by atoms with Crippen LogP contribution in [0.4, 0.5) is 4.39 Å². The van der Waals surface area contributed by atoms with Gasteiger partial charge in [0.15, 0.2) is 0 Å². The number of hydrogen-bond acceptors (Lipinski definition) is 6. The summed E-state index contributed by atoms with van der Waals surface area (Å²) >= 11 is 0. The molecule has 1 N–H and O–H groups in total. The van der Waals surface area contributed by atoms with Crippen LogP contribution in [0.1, 0.15) is 17.2 Å². The largest absolute Gasteiger partial charge is 0.507 e. The molecule has 1 atom stereocenters. The monoisotopic (exact) mass is 462 g/mol. The minimum Gasteiger partial charge on any atom is -0.507 e. The van der Waals surface area contributed by atoms with E-state index in [-0.39, 0.29) is 29.2 Å². The van der Waals surface area contributed by atoms with Crippen molar-refractivity contribution in [2.75, 3.05) is 34.4 Å². The van der Waals surface area contributed by atoms with Crippen LogP contribution >= 0.6 is 0 Å². The van der Waals surface area contributed by atoms with Crippen LogP contribution in [0.3, 0.4) is 0 Å². The highest BCUT2D eigenvalue weighted by Gasteiger charge is 2.45. The molecule has 1 saturated heterocycles. The Morgan fingerprint density at radius 1 is 1.09 bits per heavy atom. The summed E-state index contributed by atoms with van der Waals surface area (Å²) in [5.74, 6) is -2.64. The number of carbonyl (C=O) groups is 2. The molecule has 1 fully saturated rings. The van der Waals surface area contributed by atoms with Gasteiger partial charge in [-0.3, -0.25) is 9.59 Å². The molecular formula is C22H23FN2O6S. The average Bonchev–Trinajstić information content (AvgIpc) is 3.02. The van der Waals surface area contributed by atoms with E-state index in [9.17, 15) is 27.5 Å². The van der Waals surface area contributed by atoms with Crippen molar-refractivity contribution < 1.29 is 32.2 Å². The van der Waals surface area contributed by atoms with Gasteiger partial charge in [-0.15, -0.1) is 0 Å². The molecule has 0 spiro atoms. The van der Waals surface area contributed by atoms with Gasteiger partial charge < -0.3 is 14.7 Å². The van der Waals surface area contributed by atoms with Gasteiger partial charge in [0.1, 0.15) is 11.6 Å². The number of Topliss-reactive ketones (excluding diaryl/α,β-unsaturated/α-hetero) is 1. The molecule has 1 heterocycles. The Labute approximate surface area is 185 Å². The van der Waals surface area contributed by atoms with E-state index in [0.29, 0.717) is 5.56 Å². The second-order valence-corrected chi connectivity index (χ2v) is 9.50. The van der Waals surface area contributed by atoms with Crippen molar-refractivity contribution in [2.45, 2.75) is 10.9 Å². The maximum Gasteiger partial charge on any atom is 0.295 e. The fraction of sp³-hybridized carbons (Fsp3) is 0.273. The first kappa shape index (κ1) is 23.6. The van der Waals surface area contributed by atoms with Crippen LogP contribution in [0.25, 0.3) is 5.76 Å². The molecule has 170 valence electrons. The molecule has 3 rings (SSSR count). The average molecular weight is 462 g/mol. The van der Waals surface area contributed by atoms with Crippen molar-refractivity contribution in [3.8, 4) is 0 Å². The molecule has 1 aliphatic rings. The molecule has 0 saturated carbocycles. The zero-order chi connectivity index (χ0) is 23.6. The van der Waals surface area contributed by atoms with Gasteiger partial charge in [0.2, 0.25) is 10.0 Å². The number of ketones is 1. The lowest BCUT2D eigenvalue weighted by Crippen LogP contribution is -2.32. The predicted octanol–water partition coefficient (Wildman–Crippen LogP) is 2.14. The number of benzene rings is 2. The van der Waals surface area contributed by atoms with Crippen molar-refractivity contribution in [2.24, 2.45) is 0 Å². The van der Waals surface area contributed by atoms with Crippen LogP contribution in [0.5, 0.6) is 0 Å². The van der Waals surface area contributed by atoms with Crippen molar-refractivity contribution in [1.82, 2.24) is 9.21 Å². The van der Waals surface area contributed by atoms with E-state index in [1.165, 1.54) is 74.6 Å². The summed E-state index contributed by atoms with van der Waals surface area (Å²) < 4.78 is 44.1. The first-order valence-electron chi connectivity index (χ1n) is 9.65. The maximum absolute atomic E-state index is 13.5. The molecular weight excluding hydrogens is 439 g/mol. The fourth-order valence-corrected chi connectivity index (χ4v) is 4.34. The van der Waals surface area contributed by atoms with Gasteiger partial charge in [-0.05, 0) is 42.0 Å². The van der Waals surface area contributed by atoms with Crippen LogP contribution in [0.15, 0.2) is 59.0 Å². The number of sulfonamides is 1. The van der Waals surface area contributed by atoms with Crippen molar-refractivity contribution in [1.29, 1.82) is 0 Å². The van der Waals surface area contributed by atoms with Gasteiger partial charge in [0.05, 0.1) is 23.1 Å². The Morgan fingerprint density at radius 3 is 2.22 bits per heavy atom. The smallest absolute Gasteiger partial charge is 0.295 e. The van der Waals surface area contributed by atoms with Crippen LogP contribution < -0.4 is 0 Å². The normalized spacial score (nSPS) is 18.5. The van der Waals surface area contributed by atoms with E-state index in [1.807, 2.05) is 0 Å². The molecule has 0 aliphatic carbocycles. The Balaban J connectivity index is 2.11. The van der Waals surface area contributed by atoms with Crippen LogP contribution in [-0.2, 0) is 24.3 Å². The molecule has 2 aromatic rings. The first-order valence-corrected chi connectivity index (χ1v) is 11.1. The third kappa shape index (κ3) is 4.29. The van der Waals surface area contributed by atoms with Gasteiger partial charge in [-0.1, -0.05) is 12.1 Å². The van der Waals surface area contributed by atoms with Crippen LogP contribution in [0.2, 0.25) is 0 Å². The fourth-order valence-electron chi connectivity index (χ4n) is 3.44. The molecule has 0 unspecified atom stereocenters. The van der Waals surface area contributed by atoms with E-state index in [1.54, 1.807) is 0 Å². The SMILES string of the molecule is COCCN1C(=O)C(=O)C(=C(O)c2ccc(S(=O)(=O)N(C)C)cc2)[C@@H]1c1ccc(F)cc1. The second-order valence-electron chi connectivity index (χ2n) is 7.35. The molecule has 1 amide bonds. The Bertz CT molecular complexity index is 1160. The second kappa shape index (κ2) is 9.19. The molecule has 32 heavy (non-hydrogen) atoms. The van der Waals surface area contributed by atoms with E-state index in [0.717, 1.165) is 4.31 Å². The minimum atomic E-state index is -3.68. The Kier molecular flexibility index (Phi) is 6.77. The minimum absolute atomic E-state index is 0.00896. The molecule has 8 nitrogen and oxygen atoms in total. The Morgan fingerprint density at radius 2 is 1.69 bits per heavy atom. The highest BCUT2D eigenvalue weighted by Crippen LogP contribution is 2.39. The molecule has 0 aromatic heterocycles. The topological polar surface area (TPSA) is 104 Å². The third-order valence-electron chi connectivity index (χ3n) is 5.17. The number of hydrogen-bond donors (Lipinski definition) is 1. The van der Waals surface area contributed by atoms with E-state index >= 15 is 0 Å². The summed E-state index contributed by atoms with van der Waals surface area (Å²) in [4.78, 5) is 26.8. The molecule has 1 aliphatic heterocycles. The third-order valence-corrected chi connectivity index (χ3v) is 7.00. The lowest BCUT2D eigenvalue weighted by Gasteiger charge is -2.25. The molecule has 0 radical (unpaired) electrons. The standard InChI is InChI=1S/C22H23FN2O6S/c1-24(2)32(29,30)17-10-6-15(7-11-17)20(26)18-19(14-4-8-16(23)9-5-14)25(12-13-31-3)22(28)21(18)27/h4-11,19,26H,12-13H2,1-3H3/t19-/m0/s1. The van der Waals surface area contributed by atoms with E-state index in [2.05, 4.69) is 0 Å². The van der Waals surface area contributed by atoms with E-state index in [4.69, 9.17) is 4.74 Å². The van der Waals surface area contributed by atoms with Crippen molar-refractivity contribution in [3.63, 3.8) is 0 Å². The van der Waals surface area contributed by atoms with Gasteiger partial charge in [0.25, 0.3) is 11.7 Å². The number of methoxy groups -OCH3 is 1. The van der Waals surface area contributed by atoms with Crippen LogP contribution in [-0.4, -0.2) is 68.8 Å². The molecule has 10 heteroatoms. The predicted molar refractivity (Wildman–Crippen MR) is 115 cm³/mol. The lowest BCUT2D eigenvalue weighted by molar-refractivity contribution is -0.140. The summed E-state index contributed by atoms with van der Waals surface area (Å²) in [6, 6.07) is 9.65.